The van der Waals surface area contributed by atoms with Gasteiger partial charge in [0.25, 0.3) is 0 Å². The Morgan fingerprint density at radius 2 is 1.78 bits per heavy atom. The maximum Gasteiger partial charge on any atom is 0.248 e. The van der Waals surface area contributed by atoms with Gasteiger partial charge in [0, 0.05) is 23.4 Å². The van der Waals surface area contributed by atoms with Gasteiger partial charge >= 0.3 is 0 Å². The van der Waals surface area contributed by atoms with Crippen molar-refractivity contribution in [3.8, 4) is 0 Å². The smallest absolute Gasteiger partial charge is 0.248 e. The van der Waals surface area contributed by atoms with Gasteiger partial charge in [-0.25, -0.2) is 0 Å². The van der Waals surface area contributed by atoms with Gasteiger partial charge in [-0.05, 0) is 31.3 Å². The maximum atomic E-state index is 12.2. The molecular formula is C22H24N2O3. The number of aromatic amines is 1. The molecule has 0 aliphatic rings. The number of hydrogen-bond acceptors (Lipinski definition) is 4. The van der Waals surface area contributed by atoms with Gasteiger partial charge in [0.2, 0.25) is 5.56 Å². The lowest BCUT2D eigenvalue weighted by atomic mass is 9.98. The second-order valence-corrected chi connectivity index (χ2v) is 6.81. The molecular weight excluding hydrogens is 340 g/mol. The summed E-state index contributed by atoms with van der Waals surface area (Å²) in [6, 6.07) is 19.0. The van der Waals surface area contributed by atoms with Crippen LogP contribution >= 0.6 is 0 Å². The summed E-state index contributed by atoms with van der Waals surface area (Å²) in [5.41, 5.74) is 2.56. The predicted octanol–water partition coefficient (Wildman–Crippen LogP) is 2.96. The van der Waals surface area contributed by atoms with E-state index in [0.29, 0.717) is 6.42 Å². The molecule has 5 heteroatoms. The Kier molecular flexibility index (Phi) is 6.16. The average molecular weight is 364 g/mol. The zero-order valence-corrected chi connectivity index (χ0v) is 15.6. The molecule has 27 heavy (non-hydrogen) atoms. The molecule has 2 atom stereocenters. The van der Waals surface area contributed by atoms with E-state index in [4.69, 9.17) is 4.74 Å². The molecule has 3 rings (SSSR count). The highest BCUT2D eigenvalue weighted by atomic mass is 16.5. The summed E-state index contributed by atoms with van der Waals surface area (Å²) in [6.07, 6.45) is 1.17. The van der Waals surface area contributed by atoms with Crippen molar-refractivity contribution in [2.75, 3.05) is 20.7 Å². The molecule has 0 fully saturated rings. The average Bonchev–Trinajstić information content (AvgIpc) is 2.67. The number of aldehydes is 1. The summed E-state index contributed by atoms with van der Waals surface area (Å²) < 4.78 is 6.18. The van der Waals surface area contributed by atoms with Crippen molar-refractivity contribution >= 4 is 17.2 Å². The van der Waals surface area contributed by atoms with E-state index >= 15 is 0 Å². The number of carbonyl (C=O) groups is 1. The van der Waals surface area contributed by atoms with Crippen LogP contribution in [0.3, 0.4) is 0 Å². The fourth-order valence-electron chi connectivity index (χ4n) is 3.11. The van der Waals surface area contributed by atoms with Crippen molar-refractivity contribution in [1.29, 1.82) is 0 Å². The first-order valence-corrected chi connectivity index (χ1v) is 8.97. The number of hydrogen-bond donors (Lipinski definition) is 1. The van der Waals surface area contributed by atoms with Crippen LogP contribution in [0.5, 0.6) is 0 Å². The zero-order chi connectivity index (χ0) is 19.2. The number of nitrogens with one attached hydrogen (secondary N) is 1. The quantitative estimate of drug-likeness (QED) is 0.624. The third-order valence-electron chi connectivity index (χ3n) is 4.68. The molecule has 0 aliphatic carbocycles. The SMILES string of the molecule is CN(C)C(C=O)COC(Cc1ccccc1)c1cc(=O)[nH]c2ccccc12. The van der Waals surface area contributed by atoms with Crippen molar-refractivity contribution in [2.24, 2.45) is 0 Å². The number of ether oxygens (including phenoxy) is 1. The Hall–Kier alpha value is -2.76. The lowest BCUT2D eigenvalue weighted by Gasteiger charge is -2.24. The summed E-state index contributed by atoms with van der Waals surface area (Å²) in [5, 5.41) is 0.950. The molecule has 1 heterocycles. The number of H-pyrrole nitrogens is 1. The van der Waals surface area contributed by atoms with E-state index in [2.05, 4.69) is 4.98 Å². The van der Waals surface area contributed by atoms with Crippen LogP contribution in [0.4, 0.5) is 0 Å². The van der Waals surface area contributed by atoms with Crippen molar-refractivity contribution in [3.05, 3.63) is 82.1 Å². The first-order valence-electron chi connectivity index (χ1n) is 8.97. The summed E-state index contributed by atoms with van der Waals surface area (Å²) in [7, 11) is 3.69. The largest absolute Gasteiger partial charge is 0.371 e. The standard InChI is InChI=1S/C22H24N2O3/c1-24(2)17(14-25)15-27-21(12-16-8-4-3-5-9-16)19-13-22(26)23-20-11-7-6-10-18(19)20/h3-11,13-14,17,21H,12,15H2,1-2H3,(H,23,26). The molecule has 3 aromatic rings. The molecule has 5 nitrogen and oxygen atoms in total. The highest BCUT2D eigenvalue weighted by molar-refractivity contribution is 5.82. The number of fused-ring (bicyclic) bond motifs is 1. The van der Waals surface area contributed by atoms with Crippen molar-refractivity contribution in [1.82, 2.24) is 9.88 Å². The van der Waals surface area contributed by atoms with Gasteiger partial charge in [-0.2, -0.15) is 0 Å². The Labute approximate surface area is 158 Å². The number of benzene rings is 2. The molecule has 1 aromatic heterocycles. The highest BCUT2D eigenvalue weighted by Crippen LogP contribution is 2.27. The van der Waals surface area contributed by atoms with Crippen LogP contribution in [0.1, 0.15) is 17.2 Å². The lowest BCUT2D eigenvalue weighted by molar-refractivity contribution is -0.114. The highest BCUT2D eigenvalue weighted by Gasteiger charge is 2.20. The minimum atomic E-state index is -0.337. The van der Waals surface area contributed by atoms with E-state index in [-0.39, 0.29) is 24.3 Å². The Morgan fingerprint density at radius 3 is 2.48 bits per heavy atom. The van der Waals surface area contributed by atoms with Crippen LogP contribution < -0.4 is 5.56 Å². The fourth-order valence-corrected chi connectivity index (χ4v) is 3.11. The van der Waals surface area contributed by atoms with Crippen LogP contribution in [0.2, 0.25) is 0 Å². The number of rotatable bonds is 8. The molecule has 0 bridgehead atoms. The van der Waals surface area contributed by atoms with Gasteiger partial charge in [-0.15, -0.1) is 0 Å². The van der Waals surface area contributed by atoms with E-state index in [1.54, 1.807) is 6.07 Å². The maximum absolute atomic E-state index is 12.2. The molecule has 0 saturated carbocycles. The number of nitrogens with zero attached hydrogens (tertiary/aromatic N) is 1. The van der Waals surface area contributed by atoms with Crippen LogP contribution in [-0.2, 0) is 16.0 Å². The lowest BCUT2D eigenvalue weighted by Crippen LogP contribution is -2.34. The Balaban J connectivity index is 1.99. The van der Waals surface area contributed by atoms with Gasteiger partial charge in [0.15, 0.2) is 0 Å². The molecule has 0 amide bonds. The van der Waals surface area contributed by atoms with Crippen LogP contribution in [0, 0.1) is 0 Å². The summed E-state index contributed by atoms with van der Waals surface area (Å²) in [5.74, 6) is 0. The molecule has 0 saturated heterocycles. The van der Waals surface area contributed by atoms with Crippen LogP contribution in [0.15, 0.2) is 65.5 Å². The number of aromatic nitrogens is 1. The van der Waals surface area contributed by atoms with E-state index in [0.717, 1.165) is 28.3 Å². The summed E-state index contributed by atoms with van der Waals surface area (Å²) in [4.78, 5) is 28.2. The van der Waals surface area contributed by atoms with Crippen molar-refractivity contribution in [3.63, 3.8) is 0 Å². The van der Waals surface area contributed by atoms with Crippen molar-refractivity contribution < 1.29 is 9.53 Å². The normalized spacial score (nSPS) is 13.6. The van der Waals surface area contributed by atoms with E-state index < -0.39 is 0 Å². The van der Waals surface area contributed by atoms with Crippen LogP contribution in [0.25, 0.3) is 10.9 Å². The second kappa shape index (κ2) is 8.75. The third kappa shape index (κ3) is 4.70. The molecule has 2 unspecified atom stereocenters. The van der Waals surface area contributed by atoms with Crippen LogP contribution in [-0.4, -0.2) is 42.9 Å². The van der Waals surface area contributed by atoms with Gasteiger partial charge in [-0.3, -0.25) is 9.69 Å². The summed E-state index contributed by atoms with van der Waals surface area (Å²) >= 11 is 0. The Bertz CT molecular complexity index is 950. The molecule has 140 valence electrons. The summed E-state index contributed by atoms with van der Waals surface area (Å²) in [6.45, 7) is 0.259. The number of para-hydroxylation sites is 1. The molecule has 2 aromatic carbocycles. The zero-order valence-electron chi connectivity index (χ0n) is 15.6. The first kappa shape index (κ1) is 19.0. The first-order chi connectivity index (χ1) is 13.1. The number of pyridine rings is 1. The van der Waals surface area contributed by atoms with E-state index in [1.165, 1.54) is 0 Å². The van der Waals surface area contributed by atoms with Gasteiger partial charge < -0.3 is 14.5 Å². The second-order valence-electron chi connectivity index (χ2n) is 6.81. The fraction of sp³-hybridized carbons (Fsp3) is 0.273. The van der Waals surface area contributed by atoms with Gasteiger partial charge in [0.05, 0.1) is 18.8 Å². The minimum Gasteiger partial charge on any atom is -0.371 e. The predicted molar refractivity (Wildman–Crippen MR) is 107 cm³/mol. The van der Waals surface area contributed by atoms with E-state index in [1.807, 2.05) is 73.6 Å². The molecule has 1 N–H and O–H groups in total. The monoisotopic (exact) mass is 364 g/mol. The van der Waals surface area contributed by atoms with Gasteiger partial charge in [-0.1, -0.05) is 48.5 Å². The molecule has 0 radical (unpaired) electrons. The Morgan fingerprint density at radius 1 is 1.07 bits per heavy atom. The van der Waals surface area contributed by atoms with E-state index in [9.17, 15) is 9.59 Å². The minimum absolute atomic E-state index is 0.162. The van der Waals surface area contributed by atoms with Crippen molar-refractivity contribution in [2.45, 2.75) is 18.6 Å². The topological polar surface area (TPSA) is 62.4 Å². The molecule has 0 aliphatic heterocycles. The number of carbonyl (C=O) groups excluding carboxylic acids is 1. The molecule has 0 spiro atoms. The number of likely N-dealkylation sites (N-methyl/N-ethyl adjacent to an activating group) is 1. The third-order valence-corrected chi connectivity index (χ3v) is 4.68. The van der Waals surface area contributed by atoms with Gasteiger partial charge in [0.1, 0.15) is 6.29 Å².